The third-order valence-corrected chi connectivity index (χ3v) is 6.14. The normalized spacial score (nSPS) is 12.0. The predicted octanol–water partition coefficient (Wildman–Crippen LogP) is 5.15. The fourth-order valence-corrected chi connectivity index (χ4v) is 4.30. The minimum Gasteiger partial charge on any atom is -0.349 e. The Bertz CT molecular complexity index is 1340. The van der Waals surface area contributed by atoms with Gasteiger partial charge in [-0.15, -0.1) is 0 Å². The molecule has 4 rings (SSSR count). The second-order valence-electron chi connectivity index (χ2n) is 7.14. The highest BCUT2D eigenvalue weighted by Gasteiger charge is 2.17. The smallest absolute Gasteiger partial charge is 0.266 e. The fraction of sp³-hybridized carbons (Fsp3) is 0.125. The van der Waals surface area contributed by atoms with Crippen LogP contribution in [0.1, 0.15) is 18.5 Å². The van der Waals surface area contributed by atoms with Crippen LogP contribution in [0, 0.1) is 5.82 Å². The molecule has 8 heteroatoms. The summed E-state index contributed by atoms with van der Waals surface area (Å²) in [6.07, 6.45) is 0. The number of fused-ring (bicyclic) bond motifs is 1. The molecule has 0 aliphatic rings. The first-order chi connectivity index (χ1) is 15.4. The van der Waals surface area contributed by atoms with E-state index in [9.17, 15) is 14.0 Å². The van der Waals surface area contributed by atoms with Crippen molar-refractivity contribution in [1.29, 1.82) is 0 Å². The Balaban J connectivity index is 1.64. The number of hydrogen-bond acceptors (Lipinski definition) is 4. The van der Waals surface area contributed by atoms with Gasteiger partial charge in [0.25, 0.3) is 5.56 Å². The molecule has 32 heavy (non-hydrogen) atoms. The van der Waals surface area contributed by atoms with E-state index in [1.165, 1.54) is 22.8 Å². The summed E-state index contributed by atoms with van der Waals surface area (Å²) in [4.78, 5) is 30.4. The molecule has 5 nitrogen and oxygen atoms in total. The van der Waals surface area contributed by atoms with Gasteiger partial charge in [-0.1, -0.05) is 65.8 Å². The zero-order valence-electron chi connectivity index (χ0n) is 17.1. The molecule has 3 aromatic carbocycles. The molecule has 0 unspecified atom stereocenters. The van der Waals surface area contributed by atoms with Crippen molar-refractivity contribution in [3.63, 3.8) is 0 Å². The molecule has 0 spiro atoms. The average Bonchev–Trinajstić information content (AvgIpc) is 2.80. The Hall–Kier alpha value is -3.16. The lowest BCUT2D eigenvalue weighted by atomic mass is 10.1. The van der Waals surface area contributed by atoms with Crippen molar-refractivity contribution in [2.75, 3.05) is 5.75 Å². The maximum atomic E-state index is 13.7. The number of aromatic nitrogens is 2. The van der Waals surface area contributed by atoms with E-state index >= 15 is 0 Å². The summed E-state index contributed by atoms with van der Waals surface area (Å²) in [5.74, 6) is -0.727. The quantitative estimate of drug-likeness (QED) is 0.315. The molecular weight excluding hydrogens is 449 g/mol. The molecular formula is C24H19ClFN3O2S. The second-order valence-corrected chi connectivity index (χ2v) is 8.49. The van der Waals surface area contributed by atoms with Crippen molar-refractivity contribution in [3.8, 4) is 5.69 Å². The molecule has 0 saturated heterocycles. The highest BCUT2D eigenvalue weighted by molar-refractivity contribution is 7.99. The van der Waals surface area contributed by atoms with Gasteiger partial charge >= 0.3 is 0 Å². The van der Waals surface area contributed by atoms with Gasteiger partial charge in [-0.25, -0.2) is 9.37 Å². The first kappa shape index (κ1) is 22.0. The third kappa shape index (κ3) is 4.69. The SMILES string of the molecule is C[C@@H](NC(=O)CSc1nc2ccccc2c(=O)n1-c1ccc(F)c(Cl)c1)c1ccccc1. The summed E-state index contributed by atoms with van der Waals surface area (Å²) in [5, 5.41) is 3.58. The Kier molecular flexibility index (Phi) is 6.58. The molecule has 0 radical (unpaired) electrons. The Morgan fingerprint density at radius 2 is 1.84 bits per heavy atom. The van der Waals surface area contributed by atoms with Crippen LogP contribution in [-0.2, 0) is 4.79 Å². The summed E-state index contributed by atoms with van der Waals surface area (Å²) < 4.78 is 15.0. The largest absolute Gasteiger partial charge is 0.349 e. The topological polar surface area (TPSA) is 64.0 Å². The van der Waals surface area contributed by atoms with E-state index in [2.05, 4.69) is 10.3 Å². The molecule has 0 fully saturated rings. The summed E-state index contributed by atoms with van der Waals surface area (Å²) in [6.45, 7) is 1.91. The van der Waals surface area contributed by atoms with Crippen LogP contribution in [0.3, 0.4) is 0 Å². The number of hydrogen-bond donors (Lipinski definition) is 1. The second kappa shape index (κ2) is 9.54. The van der Waals surface area contributed by atoms with Gasteiger partial charge in [0, 0.05) is 0 Å². The number of halogens is 2. The van der Waals surface area contributed by atoms with E-state index < -0.39 is 5.82 Å². The maximum absolute atomic E-state index is 13.7. The summed E-state index contributed by atoms with van der Waals surface area (Å²) in [5.41, 5.74) is 1.56. The molecule has 0 saturated carbocycles. The first-order valence-electron chi connectivity index (χ1n) is 9.88. The maximum Gasteiger partial charge on any atom is 0.266 e. The number of amides is 1. The van der Waals surface area contributed by atoms with Crippen molar-refractivity contribution in [2.24, 2.45) is 0 Å². The van der Waals surface area contributed by atoms with Crippen LogP contribution >= 0.6 is 23.4 Å². The molecule has 162 valence electrons. The van der Waals surface area contributed by atoms with Gasteiger partial charge in [0.15, 0.2) is 5.16 Å². The predicted molar refractivity (Wildman–Crippen MR) is 126 cm³/mol. The minimum atomic E-state index is -0.583. The van der Waals surface area contributed by atoms with Crippen LogP contribution in [0.2, 0.25) is 5.02 Å². The molecule has 0 bridgehead atoms. The molecule has 1 atom stereocenters. The number of rotatable bonds is 6. The highest BCUT2D eigenvalue weighted by Crippen LogP contribution is 2.24. The summed E-state index contributed by atoms with van der Waals surface area (Å²) in [7, 11) is 0. The zero-order valence-corrected chi connectivity index (χ0v) is 18.7. The Morgan fingerprint density at radius 3 is 2.59 bits per heavy atom. The molecule has 0 aliphatic heterocycles. The highest BCUT2D eigenvalue weighted by atomic mass is 35.5. The average molecular weight is 468 g/mol. The van der Waals surface area contributed by atoms with Crippen molar-refractivity contribution >= 4 is 40.2 Å². The zero-order chi connectivity index (χ0) is 22.7. The Morgan fingerprint density at radius 1 is 1.12 bits per heavy atom. The van der Waals surface area contributed by atoms with Crippen molar-refractivity contribution in [1.82, 2.24) is 14.9 Å². The number of nitrogens with one attached hydrogen (secondary N) is 1. The van der Waals surface area contributed by atoms with Gasteiger partial charge in [-0.05, 0) is 42.8 Å². The van der Waals surface area contributed by atoms with Crippen LogP contribution in [0.15, 0.2) is 82.7 Å². The molecule has 1 aromatic heterocycles. The van der Waals surface area contributed by atoms with Crippen LogP contribution in [0.5, 0.6) is 0 Å². The van der Waals surface area contributed by atoms with Crippen LogP contribution in [0.4, 0.5) is 4.39 Å². The number of carbonyl (C=O) groups excluding carboxylic acids is 1. The number of para-hydroxylation sites is 1. The van der Waals surface area contributed by atoms with Crippen LogP contribution in [-0.4, -0.2) is 21.2 Å². The molecule has 0 aliphatic carbocycles. The van der Waals surface area contributed by atoms with Crippen molar-refractivity contribution in [3.05, 3.63) is 99.6 Å². The summed E-state index contributed by atoms with van der Waals surface area (Å²) >= 11 is 7.08. The monoisotopic (exact) mass is 467 g/mol. The van der Waals surface area contributed by atoms with Gasteiger partial charge in [0.05, 0.1) is 33.4 Å². The fourth-order valence-electron chi connectivity index (χ4n) is 3.30. The lowest BCUT2D eigenvalue weighted by Crippen LogP contribution is -2.29. The lowest BCUT2D eigenvalue weighted by molar-refractivity contribution is -0.119. The van der Waals surface area contributed by atoms with Gasteiger partial charge in [-0.2, -0.15) is 0 Å². The molecule has 1 N–H and O–H groups in total. The standard InChI is InChI=1S/C24H19ClFN3O2S/c1-15(16-7-3-2-4-8-16)27-22(30)14-32-24-28-21-10-6-5-9-18(21)23(31)29(24)17-11-12-20(26)19(25)13-17/h2-13,15H,14H2,1H3,(H,27,30)/t15-/m1/s1. The Labute approximate surface area is 193 Å². The third-order valence-electron chi connectivity index (χ3n) is 4.92. The molecule has 1 amide bonds. The lowest BCUT2D eigenvalue weighted by Gasteiger charge is -2.16. The van der Waals surface area contributed by atoms with E-state index in [-0.39, 0.29) is 28.3 Å². The molecule has 4 aromatic rings. The number of nitrogens with zero attached hydrogens (tertiary/aromatic N) is 2. The van der Waals surface area contributed by atoms with E-state index in [1.54, 1.807) is 24.3 Å². The van der Waals surface area contributed by atoms with Gasteiger partial charge in [-0.3, -0.25) is 14.2 Å². The first-order valence-corrected chi connectivity index (χ1v) is 11.2. The van der Waals surface area contributed by atoms with Gasteiger partial charge in [0.1, 0.15) is 5.82 Å². The summed E-state index contributed by atoms with van der Waals surface area (Å²) in [6, 6.07) is 20.4. The van der Waals surface area contributed by atoms with Crippen LogP contribution < -0.4 is 10.9 Å². The van der Waals surface area contributed by atoms with Crippen molar-refractivity contribution < 1.29 is 9.18 Å². The van der Waals surface area contributed by atoms with E-state index in [1.807, 2.05) is 37.3 Å². The van der Waals surface area contributed by atoms with Crippen molar-refractivity contribution in [2.45, 2.75) is 18.1 Å². The molecule has 1 heterocycles. The van der Waals surface area contributed by atoms with E-state index in [0.717, 1.165) is 17.3 Å². The number of carbonyl (C=O) groups is 1. The van der Waals surface area contributed by atoms with Gasteiger partial charge in [0.2, 0.25) is 5.91 Å². The van der Waals surface area contributed by atoms with Crippen LogP contribution in [0.25, 0.3) is 16.6 Å². The van der Waals surface area contributed by atoms with E-state index in [0.29, 0.717) is 21.7 Å². The number of benzene rings is 3. The van der Waals surface area contributed by atoms with E-state index in [4.69, 9.17) is 11.6 Å². The minimum absolute atomic E-state index is 0.0525. The number of thioether (sulfide) groups is 1. The van der Waals surface area contributed by atoms with Gasteiger partial charge < -0.3 is 5.32 Å².